The van der Waals surface area contributed by atoms with Crippen LogP contribution in [-0.2, 0) is 5.41 Å². The lowest BCUT2D eigenvalue weighted by atomic mass is 9.77. The second kappa shape index (κ2) is 7.47. The third-order valence-corrected chi connectivity index (χ3v) is 8.68. The number of hydrogen-bond donors (Lipinski definition) is 0. The first-order valence-corrected chi connectivity index (χ1v) is 13.2. The van der Waals surface area contributed by atoms with Crippen molar-refractivity contribution in [1.82, 2.24) is 0 Å². The molecule has 1 atom stereocenters. The van der Waals surface area contributed by atoms with Crippen molar-refractivity contribution in [3.05, 3.63) is 99.2 Å². The highest BCUT2D eigenvalue weighted by Gasteiger charge is 2.40. The number of allylic oxidation sites excluding steroid dienone is 3. The Morgan fingerprint density at radius 1 is 0.857 bits per heavy atom. The van der Waals surface area contributed by atoms with Gasteiger partial charge in [0.2, 0.25) is 0 Å². The van der Waals surface area contributed by atoms with Gasteiger partial charge in [-0.1, -0.05) is 75.7 Å². The largest absolute Gasteiger partial charge is 0.334 e. The van der Waals surface area contributed by atoms with Gasteiger partial charge in [-0.05, 0) is 102 Å². The molecule has 1 nitrogen and oxygen atoms in total. The zero-order valence-electron chi connectivity index (χ0n) is 22.5. The Morgan fingerprint density at radius 3 is 2.34 bits per heavy atom. The molecule has 0 N–H and O–H groups in total. The Labute approximate surface area is 211 Å². The van der Waals surface area contributed by atoms with Crippen LogP contribution in [-0.4, -0.2) is 0 Å². The van der Waals surface area contributed by atoms with Gasteiger partial charge < -0.3 is 4.90 Å². The van der Waals surface area contributed by atoms with E-state index in [1.807, 2.05) is 0 Å². The fraction of sp³-hybridized carbons (Fsp3) is 0.353. The first-order valence-electron chi connectivity index (χ1n) is 13.2. The van der Waals surface area contributed by atoms with Crippen LogP contribution >= 0.6 is 0 Å². The molecule has 0 radical (unpaired) electrons. The molecule has 0 fully saturated rings. The minimum Gasteiger partial charge on any atom is -0.334 e. The van der Waals surface area contributed by atoms with E-state index < -0.39 is 0 Å². The lowest BCUT2D eigenvalue weighted by molar-refractivity contribution is 0.656. The van der Waals surface area contributed by atoms with Crippen LogP contribution in [0.5, 0.6) is 0 Å². The molecule has 178 valence electrons. The monoisotopic (exact) mass is 459 g/mol. The maximum absolute atomic E-state index is 2.63. The van der Waals surface area contributed by atoms with Crippen LogP contribution < -0.4 is 4.90 Å². The van der Waals surface area contributed by atoms with Gasteiger partial charge in [0.25, 0.3) is 0 Å². The molecule has 0 bridgehead atoms. The summed E-state index contributed by atoms with van der Waals surface area (Å²) < 4.78 is 0. The SMILES string of the molecule is CC1=C(C)N2c3cc4c(cc3C(CC(C)C)=CC2c2cc(C)cc(C)c21)-c1ccccc1C4(C)C. The van der Waals surface area contributed by atoms with Gasteiger partial charge in [0.15, 0.2) is 0 Å². The first kappa shape index (κ1) is 22.4. The molecule has 3 aromatic carbocycles. The maximum Gasteiger partial charge on any atom is 0.0784 e. The summed E-state index contributed by atoms with van der Waals surface area (Å²) in [5, 5.41) is 0. The van der Waals surface area contributed by atoms with Gasteiger partial charge in [-0.15, -0.1) is 0 Å². The standard InChI is InChI=1S/C34H37N/c1-19(2)13-24-16-31-28-15-20(3)14-21(4)33(28)22(5)23(6)35(31)32-18-30-27(17-26(24)32)25-11-9-10-12-29(25)34(30,7)8/h9-12,14-19,31H,13H2,1-8H3. The molecular weight excluding hydrogens is 422 g/mol. The van der Waals surface area contributed by atoms with Gasteiger partial charge in [0, 0.05) is 22.4 Å². The smallest absolute Gasteiger partial charge is 0.0784 e. The van der Waals surface area contributed by atoms with Crippen LogP contribution in [0.4, 0.5) is 5.69 Å². The molecule has 1 heteroatoms. The molecule has 35 heavy (non-hydrogen) atoms. The highest BCUT2D eigenvalue weighted by molar-refractivity contribution is 5.93. The number of rotatable bonds is 2. The number of nitrogens with zero attached hydrogens (tertiary/aromatic N) is 1. The van der Waals surface area contributed by atoms with Crippen molar-refractivity contribution in [3.8, 4) is 11.1 Å². The summed E-state index contributed by atoms with van der Waals surface area (Å²) in [5.74, 6) is 0.610. The highest BCUT2D eigenvalue weighted by atomic mass is 15.2. The Bertz CT molecular complexity index is 1460. The molecule has 1 unspecified atom stereocenters. The van der Waals surface area contributed by atoms with E-state index in [4.69, 9.17) is 0 Å². The quantitative estimate of drug-likeness (QED) is 0.369. The Kier molecular flexibility index (Phi) is 4.78. The van der Waals surface area contributed by atoms with Gasteiger partial charge >= 0.3 is 0 Å². The van der Waals surface area contributed by atoms with Crippen LogP contribution in [0.2, 0.25) is 0 Å². The molecule has 0 spiro atoms. The van der Waals surface area contributed by atoms with Crippen LogP contribution in [0.1, 0.15) is 92.9 Å². The van der Waals surface area contributed by atoms with Crippen molar-refractivity contribution < 1.29 is 0 Å². The maximum atomic E-state index is 2.63. The molecule has 6 rings (SSSR count). The Morgan fingerprint density at radius 2 is 1.60 bits per heavy atom. The molecule has 3 aliphatic rings. The second-order valence-corrected chi connectivity index (χ2v) is 11.9. The normalized spacial score (nSPS) is 19.2. The summed E-state index contributed by atoms with van der Waals surface area (Å²) in [4.78, 5) is 2.63. The van der Waals surface area contributed by atoms with E-state index in [2.05, 4.69) is 115 Å². The average Bonchev–Trinajstić information content (AvgIpc) is 3.02. The highest BCUT2D eigenvalue weighted by Crippen LogP contribution is 2.55. The molecule has 3 aromatic rings. The summed E-state index contributed by atoms with van der Waals surface area (Å²) >= 11 is 0. The van der Waals surface area contributed by atoms with Crippen molar-refractivity contribution in [2.45, 2.75) is 73.3 Å². The van der Waals surface area contributed by atoms with Crippen molar-refractivity contribution in [3.63, 3.8) is 0 Å². The number of aryl methyl sites for hydroxylation is 2. The summed E-state index contributed by atoms with van der Waals surface area (Å²) in [7, 11) is 0. The predicted octanol–water partition coefficient (Wildman–Crippen LogP) is 9.37. The van der Waals surface area contributed by atoms with E-state index in [1.165, 1.54) is 72.6 Å². The molecule has 2 aliphatic heterocycles. The molecule has 2 heterocycles. The lowest BCUT2D eigenvalue weighted by Crippen LogP contribution is -2.34. The Balaban J connectivity index is 1.66. The number of fused-ring (bicyclic) bond motifs is 8. The average molecular weight is 460 g/mol. The third kappa shape index (κ3) is 3.07. The van der Waals surface area contributed by atoms with Crippen LogP contribution in [0.3, 0.4) is 0 Å². The molecule has 1 aliphatic carbocycles. The topological polar surface area (TPSA) is 3.24 Å². The van der Waals surface area contributed by atoms with E-state index in [1.54, 1.807) is 0 Å². The van der Waals surface area contributed by atoms with E-state index in [9.17, 15) is 0 Å². The second-order valence-electron chi connectivity index (χ2n) is 11.9. The molecule has 0 aromatic heterocycles. The van der Waals surface area contributed by atoms with Crippen LogP contribution in [0, 0.1) is 19.8 Å². The van der Waals surface area contributed by atoms with Crippen LogP contribution in [0.15, 0.2) is 60.3 Å². The number of anilines is 1. The van der Waals surface area contributed by atoms with Crippen molar-refractivity contribution in [1.29, 1.82) is 0 Å². The minimum atomic E-state index is 0.00333. The summed E-state index contributed by atoms with van der Waals surface area (Å²) in [6.45, 7) is 18.6. The van der Waals surface area contributed by atoms with Crippen molar-refractivity contribution in [2.75, 3.05) is 4.90 Å². The predicted molar refractivity (Wildman–Crippen MR) is 151 cm³/mol. The molecule has 0 saturated carbocycles. The summed E-state index contributed by atoms with van der Waals surface area (Å²) in [6, 6.07) is 19.1. The molecular formula is C34H37N. The van der Waals surface area contributed by atoms with Gasteiger partial charge in [-0.3, -0.25) is 0 Å². The van der Waals surface area contributed by atoms with Gasteiger partial charge in [-0.2, -0.15) is 0 Å². The first-order chi connectivity index (χ1) is 16.6. The summed E-state index contributed by atoms with van der Waals surface area (Å²) in [6.07, 6.45) is 3.68. The lowest BCUT2D eigenvalue weighted by Gasteiger charge is -2.44. The fourth-order valence-electron chi connectivity index (χ4n) is 7.04. The zero-order chi connectivity index (χ0) is 24.8. The number of benzene rings is 3. The third-order valence-electron chi connectivity index (χ3n) is 8.68. The van der Waals surface area contributed by atoms with E-state index >= 15 is 0 Å². The fourth-order valence-corrected chi connectivity index (χ4v) is 7.04. The number of hydrogen-bond acceptors (Lipinski definition) is 1. The minimum absolute atomic E-state index is 0.00333. The van der Waals surface area contributed by atoms with Crippen LogP contribution in [0.25, 0.3) is 22.3 Å². The molecule has 0 amide bonds. The van der Waals surface area contributed by atoms with E-state index in [-0.39, 0.29) is 11.5 Å². The van der Waals surface area contributed by atoms with Gasteiger partial charge in [0.05, 0.1) is 6.04 Å². The van der Waals surface area contributed by atoms with E-state index in [0.717, 1.165) is 6.42 Å². The van der Waals surface area contributed by atoms with Crippen molar-refractivity contribution >= 4 is 16.8 Å². The van der Waals surface area contributed by atoms with Gasteiger partial charge in [-0.25, -0.2) is 0 Å². The molecule has 0 saturated heterocycles. The zero-order valence-corrected chi connectivity index (χ0v) is 22.5. The van der Waals surface area contributed by atoms with Crippen molar-refractivity contribution in [2.24, 2.45) is 5.92 Å². The van der Waals surface area contributed by atoms with E-state index in [0.29, 0.717) is 5.92 Å². The Hall–Kier alpha value is -3.06. The summed E-state index contributed by atoms with van der Waals surface area (Å²) in [5.41, 5.74) is 18.5. The van der Waals surface area contributed by atoms with Gasteiger partial charge in [0.1, 0.15) is 0 Å².